The highest BCUT2D eigenvalue weighted by Crippen LogP contribution is 2.47. The standard InChI is InChI=1S/C35H54O3/c1-4-6-7-8-26-9-22-34(27(5-2)23-26)32-16-14-30(15-17-32)28-10-12-29(13-11-28)31-18-20-33(21-19-31)38-35(37)25(3)24-36/h9,22-23,28-33,36H,3-8,10-21,24H2,1-2H3. The van der Waals surface area contributed by atoms with Gasteiger partial charge in [-0.05, 0) is 143 Å². The van der Waals surface area contributed by atoms with Crippen molar-refractivity contribution in [2.75, 3.05) is 6.61 Å². The van der Waals surface area contributed by atoms with Gasteiger partial charge in [-0.2, -0.15) is 0 Å². The molecule has 3 aliphatic carbocycles. The van der Waals surface area contributed by atoms with Crippen molar-refractivity contribution in [3.05, 3.63) is 47.0 Å². The molecule has 38 heavy (non-hydrogen) atoms. The molecule has 3 fully saturated rings. The lowest BCUT2D eigenvalue weighted by molar-refractivity contribution is -0.146. The predicted molar refractivity (Wildman–Crippen MR) is 157 cm³/mol. The number of hydrogen-bond donors (Lipinski definition) is 1. The minimum absolute atomic E-state index is 0.0130. The quantitative estimate of drug-likeness (QED) is 0.180. The van der Waals surface area contributed by atoms with E-state index in [0.717, 1.165) is 42.4 Å². The molecule has 4 rings (SSSR count). The molecule has 1 aromatic carbocycles. The molecule has 0 atom stereocenters. The highest BCUT2D eigenvalue weighted by atomic mass is 16.5. The molecule has 0 amide bonds. The molecule has 0 bridgehead atoms. The zero-order chi connectivity index (χ0) is 26.9. The molecule has 0 aliphatic heterocycles. The lowest BCUT2D eigenvalue weighted by Crippen LogP contribution is -2.32. The van der Waals surface area contributed by atoms with Crippen LogP contribution in [0, 0.1) is 23.7 Å². The maximum atomic E-state index is 11.9. The third-order valence-corrected chi connectivity index (χ3v) is 10.5. The molecule has 3 saturated carbocycles. The van der Waals surface area contributed by atoms with Gasteiger partial charge in [-0.15, -0.1) is 0 Å². The van der Waals surface area contributed by atoms with Crippen LogP contribution in [0.2, 0.25) is 0 Å². The number of carbonyl (C=O) groups is 1. The average molecular weight is 523 g/mol. The van der Waals surface area contributed by atoms with Crippen LogP contribution >= 0.6 is 0 Å². The Labute approximate surface area is 232 Å². The van der Waals surface area contributed by atoms with Crippen molar-refractivity contribution in [3.63, 3.8) is 0 Å². The van der Waals surface area contributed by atoms with E-state index in [-0.39, 0.29) is 18.3 Å². The summed E-state index contributed by atoms with van der Waals surface area (Å²) >= 11 is 0. The number of aliphatic hydroxyl groups is 1. The fraction of sp³-hybridized carbons (Fsp3) is 0.743. The van der Waals surface area contributed by atoms with Gasteiger partial charge in [0.15, 0.2) is 0 Å². The number of ether oxygens (including phenoxy) is 1. The van der Waals surface area contributed by atoms with Gasteiger partial charge >= 0.3 is 5.97 Å². The van der Waals surface area contributed by atoms with Crippen molar-refractivity contribution < 1.29 is 14.6 Å². The van der Waals surface area contributed by atoms with Crippen LogP contribution in [0.3, 0.4) is 0 Å². The lowest BCUT2D eigenvalue weighted by atomic mass is 9.65. The molecule has 3 heteroatoms. The van der Waals surface area contributed by atoms with Crippen LogP contribution in [0.1, 0.15) is 133 Å². The number of carbonyl (C=O) groups excluding carboxylic acids is 1. The summed E-state index contributed by atoms with van der Waals surface area (Å²) in [5.41, 5.74) is 4.99. The average Bonchev–Trinajstić information content (AvgIpc) is 2.97. The van der Waals surface area contributed by atoms with Gasteiger partial charge in [0.25, 0.3) is 0 Å². The first-order valence-electron chi connectivity index (χ1n) is 16.1. The number of rotatable bonds is 11. The van der Waals surface area contributed by atoms with Crippen molar-refractivity contribution in [1.82, 2.24) is 0 Å². The summed E-state index contributed by atoms with van der Waals surface area (Å²) in [4.78, 5) is 11.9. The fourth-order valence-electron chi connectivity index (χ4n) is 8.06. The Bertz CT molecular complexity index is 880. The van der Waals surface area contributed by atoms with Gasteiger partial charge < -0.3 is 9.84 Å². The smallest absolute Gasteiger partial charge is 0.336 e. The van der Waals surface area contributed by atoms with E-state index in [1.807, 2.05) is 0 Å². The van der Waals surface area contributed by atoms with Crippen LogP contribution in [-0.2, 0) is 22.4 Å². The summed E-state index contributed by atoms with van der Waals surface area (Å²) in [6.07, 6.45) is 22.0. The van der Waals surface area contributed by atoms with E-state index in [9.17, 15) is 4.79 Å². The van der Waals surface area contributed by atoms with E-state index in [1.54, 1.807) is 16.7 Å². The monoisotopic (exact) mass is 522 g/mol. The molecule has 3 nitrogen and oxygen atoms in total. The SMILES string of the molecule is C=C(CO)C(=O)OC1CCC(C2CCC(C3CCC(c4ccc(CCCCC)cc4CC)CC3)CC2)CC1. The topological polar surface area (TPSA) is 46.5 Å². The fourth-order valence-corrected chi connectivity index (χ4v) is 8.06. The van der Waals surface area contributed by atoms with E-state index < -0.39 is 5.97 Å². The van der Waals surface area contributed by atoms with Gasteiger partial charge in [0.05, 0.1) is 12.2 Å². The highest BCUT2D eigenvalue weighted by Gasteiger charge is 2.35. The summed E-state index contributed by atoms with van der Waals surface area (Å²) in [7, 11) is 0. The van der Waals surface area contributed by atoms with Crippen molar-refractivity contribution in [2.24, 2.45) is 23.7 Å². The molecular formula is C35H54O3. The van der Waals surface area contributed by atoms with E-state index in [0.29, 0.717) is 0 Å². The molecule has 1 N–H and O–H groups in total. The van der Waals surface area contributed by atoms with E-state index in [2.05, 4.69) is 38.6 Å². The molecule has 212 valence electrons. The van der Waals surface area contributed by atoms with E-state index in [4.69, 9.17) is 9.84 Å². The number of aliphatic hydroxyl groups excluding tert-OH is 1. The predicted octanol–water partition coefficient (Wildman–Crippen LogP) is 8.71. The third-order valence-electron chi connectivity index (χ3n) is 10.5. The Morgan fingerprint density at radius 3 is 1.92 bits per heavy atom. The molecule has 0 radical (unpaired) electrons. The number of benzene rings is 1. The Morgan fingerprint density at radius 2 is 1.39 bits per heavy atom. The van der Waals surface area contributed by atoms with Crippen LogP contribution in [0.15, 0.2) is 30.4 Å². The number of esters is 1. The normalized spacial score (nSPS) is 30.1. The molecule has 0 spiro atoms. The molecule has 0 aromatic heterocycles. The Balaban J connectivity index is 1.19. The van der Waals surface area contributed by atoms with Crippen LogP contribution in [-0.4, -0.2) is 23.8 Å². The lowest BCUT2D eigenvalue weighted by Gasteiger charge is -2.41. The van der Waals surface area contributed by atoms with Crippen molar-refractivity contribution >= 4 is 5.97 Å². The Kier molecular flexibility index (Phi) is 11.4. The minimum atomic E-state index is -0.420. The van der Waals surface area contributed by atoms with Gasteiger partial charge in [0, 0.05) is 0 Å². The molecular weight excluding hydrogens is 468 g/mol. The molecule has 1 aromatic rings. The second kappa shape index (κ2) is 14.7. The van der Waals surface area contributed by atoms with Gasteiger partial charge in [-0.1, -0.05) is 51.5 Å². The zero-order valence-corrected chi connectivity index (χ0v) is 24.4. The number of aryl methyl sites for hydroxylation is 2. The number of unbranched alkanes of at least 4 members (excludes halogenated alkanes) is 2. The Morgan fingerprint density at radius 1 is 0.842 bits per heavy atom. The van der Waals surface area contributed by atoms with E-state index in [1.165, 1.54) is 96.3 Å². The second-order valence-corrected chi connectivity index (χ2v) is 12.8. The molecule has 3 aliphatic rings. The Hall–Kier alpha value is -1.61. The van der Waals surface area contributed by atoms with Crippen molar-refractivity contribution in [3.8, 4) is 0 Å². The maximum Gasteiger partial charge on any atom is 0.336 e. The minimum Gasteiger partial charge on any atom is -0.459 e. The summed E-state index contributed by atoms with van der Waals surface area (Å²) in [5.74, 6) is 3.92. The first-order valence-corrected chi connectivity index (χ1v) is 16.1. The first kappa shape index (κ1) is 29.4. The summed E-state index contributed by atoms with van der Waals surface area (Å²) in [5, 5.41) is 9.09. The molecule has 0 saturated heterocycles. The molecule has 0 unspecified atom stereocenters. The summed E-state index contributed by atoms with van der Waals surface area (Å²) < 4.78 is 5.56. The second-order valence-electron chi connectivity index (χ2n) is 12.8. The van der Waals surface area contributed by atoms with Gasteiger partial charge in [-0.25, -0.2) is 4.79 Å². The van der Waals surface area contributed by atoms with E-state index >= 15 is 0 Å². The van der Waals surface area contributed by atoms with Gasteiger partial charge in [0.1, 0.15) is 6.10 Å². The zero-order valence-electron chi connectivity index (χ0n) is 24.4. The van der Waals surface area contributed by atoms with Crippen molar-refractivity contribution in [1.29, 1.82) is 0 Å². The van der Waals surface area contributed by atoms with Gasteiger partial charge in [-0.3, -0.25) is 0 Å². The number of hydrogen-bond acceptors (Lipinski definition) is 3. The third kappa shape index (κ3) is 7.74. The highest BCUT2D eigenvalue weighted by molar-refractivity contribution is 5.88. The summed E-state index contributed by atoms with van der Waals surface area (Å²) in [6.45, 7) is 7.90. The largest absolute Gasteiger partial charge is 0.459 e. The van der Waals surface area contributed by atoms with Gasteiger partial charge in [0.2, 0.25) is 0 Å². The van der Waals surface area contributed by atoms with Crippen LogP contribution in [0.25, 0.3) is 0 Å². The summed E-state index contributed by atoms with van der Waals surface area (Å²) in [6, 6.07) is 7.46. The van der Waals surface area contributed by atoms with Crippen LogP contribution < -0.4 is 0 Å². The van der Waals surface area contributed by atoms with Crippen LogP contribution in [0.5, 0.6) is 0 Å². The maximum absolute atomic E-state index is 11.9. The van der Waals surface area contributed by atoms with Crippen LogP contribution in [0.4, 0.5) is 0 Å². The van der Waals surface area contributed by atoms with Crippen molar-refractivity contribution in [2.45, 2.75) is 135 Å². The molecule has 0 heterocycles. The first-order chi connectivity index (χ1) is 18.5.